The average Bonchev–Trinajstić information content (AvgIpc) is 3.68. The van der Waals surface area contributed by atoms with Crippen molar-refractivity contribution in [3.63, 3.8) is 0 Å². The number of H-pyrrole nitrogens is 1. The summed E-state index contributed by atoms with van der Waals surface area (Å²) in [5.41, 5.74) is 2.15. The lowest BCUT2D eigenvalue weighted by atomic mass is 9.98. The molecule has 0 spiro atoms. The van der Waals surface area contributed by atoms with Gasteiger partial charge in [0, 0.05) is 24.2 Å². The number of pyridine rings is 1. The molecular formula is C28H36N6O3. The number of hydrogen-bond acceptors (Lipinski definition) is 7. The van der Waals surface area contributed by atoms with Gasteiger partial charge in [0.1, 0.15) is 11.8 Å². The van der Waals surface area contributed by atoms with Crippen LogP contribution < -0.4 is 5.56 Å². The van der Waals surface area contributed by atoms with Crippen LogP contribution in [0.3, 0.4) is 0 Å². The quantitative estimate of drug-likeness (QED) is 0.337. The Kier molecular flexibility index (Phi) is 7.26. The largest absolute Gasteiger partial charge is 0.468 e. The fraction of sp³-hybridized carbons (Fsp3) is 0.500. The normalized spacial score (nSPS) is 17.2. The van der Waals surface area contributed by atoms with Gasteiger partial charge in [-0.25, -0.2) is 4.68 Å². The molecule has 1 fully saturated rings. The molecule has 0 bridgehead atoms. The number of benzene rings is 1. The summed E-state index contributed by atoms with van der Waals surface area (Å²) in [6, 6.07) is 11.5. The van der Waals surface area contributed by atoms with Gasteiger partial charge in [-0.1, -0.05) is 19.9 Å². The second kappa shape index (κ2) is 10.6. The monoisotopic (exact) mass is 504 g/mol. The Morgan fingerprint density at radius 1 is 1.24 bits per heavy atom. The van der Waals surface area contributed by atoms with Gasteiger partial charge >= 0.3 is 0 Å². The zero-order valence-corrected chi connectivity index (χ0v) is 22.1. The van der Waals surface area contributed by atoms with Crippen LogP contribution in [0.1, 0.15) is 75.7 Å². The standard InChI is InChI=1S/C28H36N6O3/c1-5-19-11-12-24-20(15-19)16-23(27(35)29-24)25(26-30-31-32-34(26)28(3,4)6-2)33(17-21-9-7-13-36-21)18-22-10-8-14-37-22/h7,9,11-13,15-16,22,25H,5-6,8,10,14,17-18H2,1-4H3,(H,29,35)/t22-,25-/m0/s1. The van der Waals surface area contributed by atoms with Crippen LogP contribution in [-0.2, 0) is 23.2 Å². The van der Waals surface area contributed by atoms with Crippen LogP contribution in [0.5, 0.6) is 0 Å². The summed E-state index contributed by atoms with van der Waals surface area (Å²) in [4.78, 5) is 19.0. The van der Waals surface area contributed by atoms with Crippen LogP contribution in [-0.4, -0.2) is 49.3 Å². The number of rotatable bonds is 10. The Labute approximate surface area is 216 Å². The van der Waals surface area contributed by atoms with E-state index in [1.54, 1.807) is 6.26 Å². The highest BCUT2D eigenvalue weighted by Crippen LogP contribution is 2.33. The fourth-order valence-electron chi connectivity index (χ4n) is 5.05. The van der Waals surface area contributed by atoms with Gasteiger partial charge in [-0.05, 0) is 91.2 Å². The maximum absolute atomic E-state index is 13.7. The molecule has 4 aromatic rings. The molecule has 4 heterocycles. The van der Waals surface area contributed by atoms with Crippen LogP contribution >= 0.6 is 0 Å². The summed E-state index contributed by atoms with van der Waals surface area (Å²) < 4.78 is 13.7. The molecule has 1 saturated heterocycles. The number of nitrogens with zero attached hydrogens (tertiary/aromatic N) is 5. The molecule has 0 amide bonds. The van der Waals surface area contributed by atoms with Crippen molar-refractivity contribution in [3.05, 3.63) is 75.7 Å². The first-order valence-electron chi connectivity index (χ1n) is 13.2. The van der Waals surface area contributed by atoms with E-state index in [1.165, 1.54) is 5.56 Å². The molecule has 0 saturated carbocycles. The lowest BCUT2D eigenvalue weighted by molar-refractivity contribution is 0.0534. The predicted molar refractivity (Wildman–Crippen MR) is 141 cm³/mol. The molecule has 0 aliphatic carbocycles. The molecule has 0 radical (unpaired) electrons. The number of aromatic nitrogens is 5. The van der Waals surface area contributed by atoms with E-state index in [-0.39, 0.29) is 17.2 Å². The minimum absolute atomic E-state index is 0.0622. The highest BCUT2D eigenvalue weighted by Gasteiger charge is 2.36. The molecule has 196 valence electrons. The van der Waals surface area contributed by atoms with Crippen molar-refractivity contribution in [2.24, 2.45) is 0 Å². The molecule has 0 unspecified atom stereocenters. The Morgan fingerprint density at radius 2 is 2.11 bits per heavy atom. The highest BCUT2D eigenvalue weighted by atomic mass is 16.5. The summed E-state index contributed by atoms with van der Waals surface area (Å²) in [5, 5.41) is 14.0. The van der Waals surface area contributed by atoms with Crippen molar-refractivity contribution >= 4 is 10.9 Å². The first-order chi connectivity index (χ1) is 17.9. The van der Waals surface area contributed by atoms with Crippen LogP contribution in [0.25, 0.3) is 10.9 Å². The third-order valence-corrected chi connectivity index (χ3v) is 7.58. The Bertz CT molecular complexity index is 1380. The van der Waals surface area contributed by atoms with E-state index in [2.05, 4.69) is 65.2 Å². The third-order valence-electron chi connectivity index (χ3n) is 7.58. The van der Waals surface area contributed by atoms with Crippen molar-refractivity contribution in [1.82, 2.24) is 30.1 Å². The van der Waals surface area contributed by atoms with E-state index in [1.807, 2.05) is 28.9 Å². The van der Waals surface area contributed by atoms with Gasteiger partial charge in [0.25, 0.3) is 5.56 Å². The number of tetrazole rings is 1. The minimum atomic E-state index is -0.506. The molecule has 37 heavy (non-hydrogen) atoms. The third kappa shape index (κ3) is 5.24. The number of fused-ring (bicyclic) bond motifs is 1. The number of aromatic amines is 1. The van der Waals surface area contributed by atoms with E-state index in [9.17, 15) is 4.79 Å². The number of nitrogens with one attached hydrogen (secondary N) is 1. The molecule has 2 atom stereocenters. The zero-order valence-electron chi connectivity index (χ0n) is 22.1. The van der Waals surface area contributed by atoms with E-state index in [0.29, 0.717) is 24.5 Å². The number of furan rings is 1. The molecular weight excluding hydrogens is 468 g/mol. The van der Waals surface area contributed by atoms with E-state index in [0.717, 1.165) is 49.0 Å². The molecule has 3 aromatic heterocycles. The van der Waals surface area contributed by atoms with Gasteiger partial charge in [-0.15, -0.1) is 5.10 Å². The maximum Gasteiger partial charge on any atom is 0.253 e. The summed E-state index contributed by atoms with van der Waals surface area (Å²) in [5.74, 6) is 1.44. The van der Waals surface area contributed by atoms with Crippen molar-refractivity contribution in [1.29, 1.82) is 0 Å². The highest BCUT2D eigenvalue weighted by molar-refractivity contribution is 5.80. The lowest BCUT2D eigenvalue weighted by Gasteiger charge is -2.34. The minimum Gasteiger partial charge on any atom is -0.468 e. The lowest BCUT2D eigenvalue weighted by Crippen LogP contribution is -2.41. The number of aryl methyl sites for hydroxylation is 1. The topological polar surface area (TPSA) is 102 Å². The summed E-state index contributed by atoms with van der Waals surface area (Å²) in [7, 11) is 0. The molecule has 9 heteroatoms. The zero-order chi connectivity index (χ0) is 26.0. The smallest absolute Gasteiger partial charge is 0.253 e. The first-order valence-corrected chi connectivity index (χ1v) is 13.2. The van der Waals surface area contributed by atoms with Gasteiger partial charge in [-0.2, -0.15) is 0 Å². The molecule has 1 N–H and O–H groups in total. The summed E-state index contributed by atoms with van der Waals surface area (Å²) >= 11 is 0. The maximum atomic E-state index is 13.7. The molecule has 5 rings (SSSR count). The van der Waals surface area contributed by atoms with Crippen molar-refractivity contribution < 1.29 is 9.15 Å². The van der Waals surface area contributed by atoms with Gasteiger partial charge < -0.3 is 14.1 Å². The average molecular weight is 505 g/mol. The van der Waals surface area contributed by atoms with Crippen LogP contribution in [0, 0.1) is 0 Å². The predicted octanol–water partition coefficient (Wildman–Crippen LogP) is 4.59. The van der Waals surface area contributed by atoms with Crippen LogP contribution in [0.15, 0.2) is 51.9 Å². The fourth-order valence-corrected chi connectivity index (χ4v) is 5.05. The SMILES string of the molecule is CCc1ccc2[nH]c(=O)c([C@@H](c3nnnn3C(C)(C)CC)N(Cc3ccco3)C[C@@H]3CCCO3)cc2c1. The second-order valence-electron chi connectivity index (χ2n) is 10.5. The Hall–Kier alpha value is -3.30. The number of hydrogen-bond donors (Lipinski definition) is 1. The summed E-state index contributed by atoms with van der Waals surface area (Å²) in [6.45, 7) is 10.3. The van der Waals surface area contributed by atoms with E-state index in [4.69, 9.17) is 9.15 Å². The van der Waals surface area contributed by atoms with Crippen molar-refractivity contribution in [2.45, 2.75) is 77.6 Å². The summed E-state index contributed by atoms with van der Waals surface area (Å²) in [6.07, 6.45) is 5.48. The van der Waals surface area contributed by atoms with Gasteiger partial charge in [0.2, 0.25) is 0 Å². The van der Waals surface area contributed by atoms with Gasteiger partial charge in [0.15, 0.2) is 5.82 Å². The van der Waals surface area contributed by atoms with Crippen molar-refractivity contribution in [2.75, 3.05) is 13.2 Å². The molecule has 1 aliphatic heterocycles. The van der Waals surface area contributed by atoms with Gasteiger partial charge in [-0.3, -0.25) is 9.69 Å². The number of ether oxygens (including phenoxy) is 1. The van der Waals surface area contributed by atoms with E-state index >= 15 is 0 Å². The van der Waals surface area contributed by atoms with Crippen LogP contribution in [0.2, 0.25) is 0 Å². The first kappa shape index (κ1) is 25.4. The Morgan fingerprint density at radius 3 is 2.81 bits per heavy atom. The Balaban J connectivity index is 1.70. The van der Waals surface area contributed by atoms with E-state index < -0.39 is 6.04 Å². The molecule has 1 aliphatic rings. The molecule has 9 nitrogen and oxygen atoms in total. The van der Waals surface area contributed by atoms with Crippen LogP contribution in [0.4, 0.5) is 0 Å². The molecule has 1 aromatic carbocycles. The van der Waals surface area contributed by atoms with Gasteiger partial charge in [0.05, 0.1) is 24.5 Å². The van der Waals surface area contributed by atoms with Crippen molar-refractivity contribution in [3.8, 4) is 0 Å². The second-order valence-corrected chi connectivity index (χ2v) is 10.5.